The Hall–Kier alpha value is -2.06. The maximum atomic E-state index is 5.43. The van der Waals surface area contributed by atoms with E-state index in [-0.39, 0.29) is 0 Å². The lowest BCUT2D eigenvalue weighted by atomic mass is 10.0. The van der Waals surface area contributed by atoms with E-state index >= 15 is 0 Å². The average molecular weight is 239 g/mol. The van der Waals surface area contributed by atoms with Crippen molar-refractivity contribution < 1.29 is 4.74 Å². The zero-order valence-corrected chi connectivity index (χ0v) is 10.5. The van der Waals surface area contributed by atoms with Crippen LogP contribution in [0, 0.1) is 0 Å². The van der Waals surface area contributed by atoms with Gasteiger partial charge in [-0.2, -0.15) is 0 Å². The minimum Gasteiger partial charge on any atom is -0.496 e. The summed E-state index contributed by atoms with van der Waals surface area (Å²) in [5.74, 6) is 0.891. The summed E-state index contributed by atoms with van der Waals surface area (Å²) in [5.41, 5.74) is 8.84. The van der Waals surface area contributed by atoms with Crippen LogP contribution in [0.1, 0.15) is 5.56 Å². The highest BCUT2D eigenvalue weighted by Gasteiger charge is 2.03. The van der Waals surface area contributed by atoms with E-state index < -0.39 is 0 Å². The fourth-order valence-electron chi connectivity index (χ4n) is 1.86. The van der Waals surface area contributed by atoms with Crippen molar-refractivity contribution in [2.75, 3.05) is 13.7 Å². The standard InChI is InChI=1S/C16H17NO/c1-18-16-7-3-2-6-15(16)14-10-8-13(9-11-14)5-4-12-17/h2-11H,12,17H2,1H3. The third-order valence-electron chi connectivity index (χ3n) is 2.78. The number of benzene rings is 2. The highest BCUT2D eigenvalue weighted by atomic mass is 16.5. The smallest absolute Gasteiger partial charge is 0.126 e. The van der Waals surface area contributed by atoms with Crippen molar-refractivity contribution in [1.29, 1.82) is 0 Å². The molecular formula is C16H17NO. The molecule has 0 radical (unpaired) electrons. The number of ether oxygens (including phenoxy) is 1. The first kappa shape index (κ1) is 12.4. The van der Waals surface area contributed by atoms with Crippen molar-refractivity contribution in [3.63, 3.8) is 0 Å². The van der Waals surface area contributed by atoms with E-state index in [1.54, 1.807) is 7.11 Å². The largest absolute Gasteiger partial charge is 0.496 e. The van der Waals surface area contributed by atoms with Crippen LogP contribution in [0.3, 0.4) is 0 Å². The van der Waals surface area contributed by atoms with E-state index in [2.05, 4.69) is 30.3 Å². The van der Waals surface area contributed by atoms with Crippen LogP contribution in [0.25, 0.3) is 17.2 Å². The Morgan fingerprint density at radius 2 is 1.78 bits per heavy atom. The second-order valence-electron chi connectivity index (χ2n) is 3.96. The number of rotatable bonds is 4. The zero-order valence-electron chi connectivity index (χ0n) is 10.5. The SMILES string of the molecule is COc1ccccc1-c1ccc(C=CCN)cc1. The van der Waals surface area contributed by atoms with Crippen LogP contribution < -0.4 is 10.5 Å². The van der Waals surface area contributed by atoms with E-state index in [0.29, 0.717) is 6.54 Å². The molecule has 2 N–H and O–H groups in total. The number of nitrogens with two attached hydrogens (primary N) is 1. The first-order valence-electron chi connectivity index (χ1n) is 5.95. The molecular weight excluding hydrogens is 222 g/mol. The molecule has 0 spiro atoms. The van der Waals surface area contributed by atoms with E-state index in [1.807, 2.05) is 30.4 Å². The van der Waals surface area contributed by atoms with Crippen molar-refractivity contribution in [2.45, 2.75) is 0 Å². The van der Waals surface area contributed by atoms with Gasteiger partial charge in [-0.1, -0.05) is 54.6 Å². The van der Waals surface area contributed by atoms with Crippen LogP contribution in [0.4, 0.5) is 0 Å². The normalized spacial score (nSPS) is 10.8. The Morgan fingerprint density at radius 1 is 1.06 bits per heavy atom. The maximum Gasteiger partial charge on any atom is 0.126 e. The monoisotopic (exact) mass is 239 g/mol. The molecule has 2 aromatic carbocycles. The van der Waals surface area contributed by atoms with Gasteiger partial charge in [0.15, 0.2) is 0 Å². The molecule has 2 aromatic rings. The van der Waals surface area contributed by atoms with Gasteiger partial charge in [0.1, 0.15) is 5.75 Å². The summed E-state index contributed by atoms with van der Waals surface area (Å²) >= 11 is 0. The van der Waals surface area contributed by atoms with Crippen LogP contribution in [0.15, 0.2) is 54.6 Å². The molecule has 0 fully saturated rings. The first-order chi connectivity index (χ1) is 8.85. The first-order valence-corrected chi connectivity index (χ1v) is 5.95. The summed E-state index contributed by atoms with van der Waals surface area (Å²) in [5, 5.41) is 0. The van der Waals surface area contributed by atoms with Crippen LogP contribution in [-0.4, -0.2) is 13.7 Å². The van der Waals surface area contributed by atoms with Gasteiger partial charge in [0, 0.05) is 12.1 Å². The van der Waals surface area contributed by atoms with Crippen molar-refractivity contribution in [2.24, 2.45) is 5.73 Å². The van der Waals surface area contributed by atoms with Crippen LogP contribution >= 0.6 is 0 Å². The van der Waals surface area contributed by atoms with Gasteiger partial charge in [-0.25, -0.2) is 0 Å². The molecule has 0 heterocycles. The lowest BCUT2D eigenvalue weighted by molar-refractivity contribution is 0.416. The summed E-state index contributed by atoms with van der Waals surface area (Å²) < 4.78 is 5.36. The van der Waals surface area contributed by atoms with Gasteiger partial charge < -0.3 is 10.5 Å². The predicted octanol–water partition coefficient (Wildman–Crippen LogP) is 3.33. The molecule has 2 nitrogen and oxygen atoms in total. The summed E-state index contributed by atoms with van der Waals surface area (Å²) in [6.07, 6.45) is 3.96. The molecule has 0 amide bonds. The van der Waals surface area contributed by atoms with Crippen molar-refractivity contribution in [1.82, 2.24) is 0 Å². The number of hydrogen-bond acceptors (Lipinski definition) is 2. The minimum atomic E-state index is 0.564. The molecule has 0 unspecified atom stereocenters. The number of para-hydroxylation sites is 1. The van der Waals surface area contributed by atoms with Gasteiger partial charge in [-0.3, -0.25) is 0 Å². The molecule has 0 aliphatic rings. The summed E-state index contributed by atoms with van der Waals surface area (Å²) in [7, 11) is 1.69. The maximum absolute atomic E-state index is 5.43. The Kier molecular flexibility index (Phi) is 4.15. The molecule has 0 aliphatic heterocycles. The molecule has 0 aromatic heterocycles. The van der Waals surface area contributed by atoms with Crippen molar-refractivity contribution in [3.8, 4) is 16.9 Å². The topological polar surface area (TPSA) is 35.2 Å². The molecule has 92 valence electrons. The Balaban J connectivity index is 2.31. The third kappa shape index (κ3) is 2.79. The zero-order chi connectivity index (χ0) is 12.8. The molecule has 2 rings (SSSR count). The van der Waals surface area contributed by atoms with E-state index in [1.165, 1.54) is 0 Å². The van der Waals surface area contributed by atoms with Gasteiger partial charge in [-0.15, -0.1) is 0 Å². The lowest BCUT2D eigenvalue weighted by Crippen LogP contribution is -1.91. The van der Waals surface area contributed by atoms with Gasteiger partial charge in [-0.05, 0) is 17.2 Å². The van der Waals surface area contributed by atoms with Crippen LogP contribution in [0.5, 0.6) is 5.75 Å². The quantitative estimate of drug-likeness (QED) is 0.888. The summed E-state index contributed by atoms with van der Waals surface area (Å²) in [6, 6.07) is 16.4. The Labute approximate surface area is 108 Å². The number of methoxy groups -OCH3 is 1. The summed E-state index contributed by atoms with van der Waals surface area (Å²) in [4.78, 5) is 0. The van der Waals surface area contributed by atoms with Crippen molar-refractivity contribution in [3.05, 3.63) is 60.2 Å². The molecule has 0 aliphatic carbocycles. The van der Waals surface area contributed by atoms with E-state index in [0.717, 1.165) is 22.4 Å². The molecule has 18 heavy (non-hydrogen) atoms. The van der Waals surface area contributed by atoms with Crippen LogP contribution in [0.2, 0.25) is 0 Å². The molecule has 2 heteroatoms. The Bertz CT molecular complexity index is 529. The van der Waals surface area contributed by atoms with Gasteiger partial charge in [0.25, 0.3) is 0 Å². The fraction of sp³-hybridized carbons (Fsp3) is 0.125. The molecule has 0 saturated carbocycles. The number of hydrogen-bond donors (Lipinski definition) is 1. The predicted molar refractivity (Wildman–Crippen MR) is 76.5 cm³/mol. The molecule has 0 saturated heterocycles. The van der Waals surface area contributed by atoms with Gasteiger partial charge in [0.2, 0.25) is 0 Å². The second kappa shape index (κ2) is 6.03. The second-order valence-corrected chi connectivity index (χ2v) is 3.96. The highest BCUT2D eigenvalue weighted by molar-refractivity contribution is 5.71. The van der Waals surface area contributed by atoms with E-state index in [9.17, 15) is 0 Å². The van der Waals surface area contributed by atoms with Crippen molar-refractivity contribution >= 4 is 6.08 Å². The lowest BCUT2D eigenvalue weighted by Gasteiger charge is -2.08. The van der Waals surface area contributed by atoms with Crippen LogP contribution in [-0.2, 0) is 0 Å². The van der Waals surface area contributed by atoms with Gasteiger partial charge in [0.05, 0.1) is 7.11 Å². The molecule has 0 atom stereocenters. The fourth-order valence-corrected chi connectivity index (χ4v) is 1.86. The van der Waals surface area contributed by atoms with Gasteiger partial charge >= 0.3 is 0 Å². The third-order valence-corrected chi connectivity index (χ3v) is 2.78. The average Bonchev–Trinajstić information content (AvgIpc) is 2.45. The Morgan fingerprint density at radius 3 is 2.44 bits per heavy atom. The summed E-state index contributed by atoms with van der Waals surface area (Å²) in [6.45, 7) is 0.564. The molecule has 0 bridgehead atoms. The minimum absolute atomic E-state index is 0.564. The highest BCUT2D eigenvalue weighted by Crippen LogP contribution is 2.29. The van der Waals surface area contributed by atoms with E-state index in [4.69, 9.17) is 10.5 Å².